The molecule has 0 rings (SSSR count). The number of esters is 2. The van der Waals surface area contributed by atoms with E-state index >= 15 is 0 Å². The van der Waals surface area contributed by atoms with Crippen molar-refractivity contribution in [2.24, 2.45) is 0 Å². The van der Waals surface area contributed by atoms with Crippen LogP contribution in [-0.4, -0.2) is 70.0 Å². The minimum absolute atomic E-state index is 0.0434. The fourth-order valence-corrected chi connectivity index (χ4v) is 11.2. The van der Waals surface area contributed by atoms with Gasteiger partial charge in [-0.25, -0.2) is 0 Å². The number of rotatable bonds is 73. The van der Waals surface area contributed by atoms with Gasteiger partial charge in [-0.3, -0.25) is 14.2 Å². The second kappa shape index (κ2) is 81.2. The Morgan fingerprint density at radius 3 is 0.769 bits per heavy atom. The van der Waals surface area contributed by atoms with Gasteiger partial charge in [0.05, 0.1) is 27.7 Å². The monoisotopic (exact) mass is 1450 g/mol. The topological polar surface area (TPSA) is 111 Å². The summed E-state index contributed by atoms with van der Waals surface area (Å²) in [6, 6.07) is 0. The van der Waals surface area contributed by atoms with Crippen molar-refractivity contribution in [3.05, 3.63) is 231 Å². The quantitative estimate of drug-likeness (QED) is 0.0195. The molecule has 584 valence electrons. The number of hydrogen-bond donors (Lipinski definition) is 0. The molecule has 0 aliphatic heterocycles. The van der Waals surface area contributed by atoms with Crippen LogP contribution in [0.25, 0.3) is 0 Å². The van der Waals surface area contributed by atoms with Crippen LogP contribution in [0.2, 0.25) is 0 Å². The average molecular weight is 1450 g/mol. The van der Waals surface area contributed by atoms with Gasteiger partial charge in [0.1, 0.15) is 19.8 Å². The Bertz CT molecular complexity index is 2620. The third-order valence-electron chi connectivity index (χ3n) is 16.7. The Balaban J connectivity index is 4.08. The van der Waals surface area contributed by atoms with Crippen molar-refractivity contribution >= 4 is 19.8 Å². The van der Waals surface area contributed by atoms with Gasteiger partial charge in [-0.05, 0) is 161 Å². The normalized spacial score (nSPS) is 14.2. The molecule has 2 atom stereocenters. The minimum atomic E-state index is -4.67. The van der Waals surface area contributed by atoms with Crippen molar-refractivity contribution in [3.8, 4) is 0 Å². The summed E-state index contributed by atoms with van der Waals surface area (Å²) < 4.78 is 34.4. The summed E-state index contributed by atoms with van der Waals surface area (Å²) in [5.74, 6) is -0.854. The van der Waals surface area contributed by atoms with Crippen LogP contribution in [-0.2, 0) is 32.7 Å². The first kappa shape index (κ1) is 98.1. The van der Waals surface area contributed by atoms with Crippen LogP contribution >= 0.6 is 7.82 Å². The number of quaternary nitrogens is 1. The molecule has 0 N–H and O–H groups in total. The van der Waals surface area contributed by atoms with Crippen molar-refractivity contribution in [3.63, 3.8) is 0 Å². The highest BCUT2D eigenvalue weighted by Crippen LogP contribution is 2.38. The van der Waals surface area contributed by atoms with E-state index in [1.54, 1.807) is 0 Å². The number of phosphoric ester groups is 1. The Kier molecular flexibility index (Phi) is 76.5. The van der Waals surface area contributed by atoms with E-state index in [0.29, 0.717) is 17.4 Å². The number of nitrogens with zero attached hydrogens (tertiary/aromatic N) is 1. The van der Waals surface area contributed by atoms with E-state index in [1.165, 1.54) is 89.9 Å². The Hall–Kier alpha value is -5.93. The van der Waals surface area contributed by atoms with E-state index in [9.17, 15) is 19.0 Å². The van der Waals surface area contributed by atoms with Crippen molar-refractivity contribution in [2.45, 2.75) is 302 Å². The highest BCUT2D eigenvalue weighted by atomic mass is 31.2. The minimum Gasteiger partial charge on any atom is -0.756 e. The fourth-order valence-electron chi connectivity index (χ4n) is 10.5. The molecular formula is C94H150NO8P. The van der Waals surface area contributed by atoms with Crippen molar-refractivity contribution in [1.29, 1.82) is 0 Å². The van der Waals surface area contributed by atoms with Gasteiger partial charge in [0.2, 0.25) is 0 Å². The van der Waals surface area contributed by atoms with Crippen molar-refractivity contribution in [1.82, 2.24) is 0 Å². The Labute approximate surface area is 639 Å². The van der Waals surface area contributed by atoms with Gasteiger partial charge < -0.3 is 27.9 Å². The molecule has 0 saturated carbocycles. The molecule has 0 spiro atoms. The predicted octanol–water partition coefficient (Wildman–Crippen LogP) is 27.4. The second-order valence-corrected chi connectivity index (χ2v) is 29.1. The molecule has 0 aromatic carbocycles. The first-order chi connectivity index (χ1) is 51.0. The van der Waals surface area contributed by atoms with E-state index < -0.39 is 32.5 Å². The third-order valence-corrected chi connectivity index (χ3v) is 17.6. The third kappa shape index (κ3) is 85.0. The Morgan fingerprint density at radius 1 is 0.298 bits per heavy atom. The second-order valence-electron chi connectivity index (χ2n) is 27.7. The maximum Gasteiger partial charge on any atom is 0.306 e. The first-order valence-corrected chi connectivity index (χ1v) is 42.6. The highest BCUT2D eigenvalue weighted by Gasteiger charge is 2.22. The van der Waals surface area contributed by atoms with Gasteiger partial charge in [-0.2, -0.15) is 0 Å². The zero-order valence-corrected chi connectivity index (χ0v) is 67.5. The zero-order valence-electron chi connectivity index (χ0n) is 66.6. The number of hydrogen-bond acceptors (Lipinski definition) is 8. The molecule has 10 heteroatoms. The molecule has 0 heterocycles. The van der Waals surface area contributed by atoms with Crippen LogP contribution < -0.4 is 4.89 Å². The molecule has 0 fully saturated rings. The summed E-state index contributed by atoms with van der Waals surface area (Å²) in [6.45, 7) is 3.99. The molecular weight excluding hydrogens is 1300 g/mol. The van der Waals surface area contributed by atoms with E-state index in [1.807, 2.05) is 21.1 Å². The van der Waals surface area contributed by atoms with Crippen LogP contribution in [0, 0.1) is 0 Å². The van der Waals surface area contributed by atoms with Crippen LogP contribution in [0.4, 0.5) is 0 Å². The average Bonchev–Trinajstić information content (AvgIpc) is 0.915. The summed E-state index contributed by atoms with van der Waals surface area (Å²) in [7, 11) is 1.14. The maximum absolute atomic E-state index is 12.9. The van der Waals surface area contributed by atoms with Gasteiger partial charge >= 0.3 is 11.9 Å². The predicted molar refractivity (Wildman–Crippen MR) is 451 cm³/mol. The lowest BCUT2D eigenvalue weighted by molar-refractivity contribution is -0.870. The molecule has 0 aromatic rings. The lowest BCUT2D eigenvalue weighted by Gasteiger charge is -2.28. The molecule has 0 bridgehead atoms. The van der Waals surface area contributed by atoms with Crippen molar-refractivity contribution < 1.29 is 42.1 Å². The van der Waals surface area contributed by atoms with E-state index in [4.69, 9.17) is 18.5 Å². The van der Waals surface area contributed by atoms with Gasteiger partial charge in [0.25, 0.3) is 7.82 Å². The highest BCUT2D eigenvalue weighted by molar-refractivity contribution is 7.45. The molecule has 0 saturated heterocycles. The number of phosphoric acid groups is 1. The maximum atomic E-state index is 12.9. The molecule has 0 amide bonds. The molecule has 2 unspecified atom stereocenters. The number of carbonyl (C=O) groups is 2. The number of ether oxygens (including phenoxy) is 2. The smallest absolute Gasteiger partial charge is 0.306 e. The molecule has 0 radical (unpaired) electrons. The standard InChI is InChI=1S/C94H150NO8P/c1-6-8-10-12-14-16-18-20-22-24-26-28-30-32-34-36-38-40-42-44-46-47-49-50-52-54-56-58-60-62-64-66-68-70-72-74-76-78-80-82-84-86-93(96)100-90-92(91-102-104(98,99)101-89-88-95(3,4)5)103-94(97)87-85-83-81-79-77-75-73-71-69-67-65-63-61-59-57-55-53-51-48-45-43-41-39-37-35-33-31-29-27-25-23-21-19-17-15-13-11-9-7-2/h8-11,14-17,20-23,26-29,32-35,38-41,44-46,48-50,53-56,59,61,65,67,92H,6-7,12-13,18-19,24-25,30-31,36-37,42-43,47,51-52,57-58,60,62-64,66,68-91H2,1-5H3/b10-8-,11-9-,16-14-,17-15-,22-20-,23-21-,28-26-,29-27-,34-32-,35-33-,40-38-,41-39-,46-44-,48-45-,50-49-,55-53-,56-54-,61-59-,67-65-. The van der Waals surface area contributed by atoms with Gasteiger partial charge in [-0.1, -0.05) is 354 Å². The summed E-state index contributed by atoms with van der Waals surface area (Å²) in [5.41, 5.74) is 0. The summed E-state index contributed by atoms with van der Waals surface area (Å²) in [4.78, 5) is 38.2. The molecule has 0 aliphatic rings. The van der Waals surface area contributed by atoms with Gasteiger partial charge in [0, 0.05) is 12.8 Å². The zero-order chi connectivity index (χ0) is 75.4. The molecule has 0 aromatic heterocycles. The summed E-state index contributed by atoms with van der Waals surface area (Å²) in [5, 5.41) is 0. The lowest BCUT2D eigenvalue weighted by atomic mass is 10.0. The molecule has 104 heavy (non-hydrogen) atoms. The Morgan fingerprint density at radius 2 is 0.519 bits per heavy atom. The largest absolute Gasteiger partial charge is 0.756 e. The van der Waals surface area contributed by atoms with Gasteiger partial charge in [-0.15, -0.1) is 0 Å². The van der Waals surface area contributed by atoms with Crippen LogP contribution in [0.15, 0.2) is 231 Å². The van der Waals surface area contributed by atoms with Crippen LogP contribution in [0.5, 0.6) is 0 Å². The van der Waals surface area contributed by atoms with E-state index in [0.717, 1.165) is 173 Å². The summed E-state index contributed by atoms with van der Waals surface area (Å²) in [6.07, 6.45) is 130. The summed E-state index contributed by atoms with van der Waals surface area (Å²) >= 11 is 0. The molecule has 0 aliphatic carbocycles. The number of unbranched alkanes of at least 4 members (excludes halogenated alkanes) is 21. The van der Waals surface area contributed by atoms with Crippen molar-refractivity contribution in [2.75, 3.05) is 47.5 Å². The van der Waals surface area contributed by atoms with Gasteiger partial charge in [0.15, 0.2) is 6.10 Å². The van der Waals surface area contributed by atoms with E-state index in [2.05, 4.69) is 245 Å². The number of allylic oxidation sites excluding steroid dienone is 38. The van der Waals surface area contributed by atoms with Crippen LogP contribution in [0.3, 0.4) is 0 Å². The SMILES string of the molecule is CC/C=C\C/C=C\C/C=C\C/C=C\C/C=C\C/C=C\C/C=C\C/C=C\C/C=C\C/C=C\CCCCCCCCCCC(=O)OC(COC(=O)CCCCCCCCCCCCCCC/C=C\C/C=C\C/C=C\C/C=C\C/C=C\C/C=C\C/C=C\C/C=C\C/C=C\CC)COP(=O)([O-])OCC[N+](C)(C)C. The van der Waals surface area contributed by atoms with E-state index in [-0.39, 0.29) is 26.1 Å². The lowest BCUT2D eigenvalue weighted by Crippen LogP contribution is -2.37. The number of carbonyl (C=O) groups excluding carboxylic acids is 2. The fraction of sp³-hybridized carbons (Fsp3) is 0.574. The first-order valence-electron chi connectivity index (χ1n) is 41.1. The number of likely N-dealkylation sites (N-methyl/N-ethyl adjacent to an activating group) is 1. The molecule has 9 nitrogen and oxygen atoms in total. The van der Waals surface area contributed by atoms with Crippen LogP contribution in [0.1, 0.15) is 296 Å².